The van der Waals surface area contributed by atoms with Crippen LogP contribution in [0.1, 0.15) is 6.42 Å². The van der Waals surface area contributed by atoms with Crippen molar-refractivity contribution in [2.75, 3.05) is 51.2 Å². The predicted octanol–water partition coefficient (Wildman–Crippen LogP) is 0.597. The van der Waals surface area contributed by atoms with Gasteiger partial charge in [0.25, 0.3) is 0 Å². The first kappa shape index (κ1) is 14.9. The summed E-state index contributed by atoms with van der Waals surface area (Å²) in [6.45, 7) is 2.62. The van der Waals surface area contributed by atoms with Gasteiger partial charge in [-0.1, -0.05) is 0 Å². The molecule has 0 aliphatic heterocycles. The standard InChI is InChI=1S/C10H18ClN5O2/c1-17-6-3-4-16(5-7-18-2)10-14-8(11)13-9(12)15-10/h3-7H2,1-2H3,(H2,12,13,14,15). The molecule has 0 saturated carbocycles. The van der Waals surface area contributed by atoms with E-state index >= 15 is 0 Å². The molecule has 1 aromatic heterocycles. The van der Waals surface area contributed by atoms with Crippen LogP contribution in [0.2, 0.25) is 5.28 Å². The lowest BCUT2D eigenvalue weighted by Gasteiger charge is -2.22. The smallest absolute Gasteiger partial charge is 0.231 e. The Bertz CT molecular complexity index is 346. The predicted molar refractivity (Wildman–Crippen MR) is 69.8 cm³/mol. The molecule has 0 spiro atoms. The Morgan fingerprint density at radius 3 is 2.44 bits per heavy atom. The molecule has 8 heteroatoms. The fourth-order valence-electron chi connectivity index (χ4n) is 1.41. The minimum atomic E-state index is 0.0895. The van der Waals surface area contributed by atoms with Gasteiger partial charge in [0.1, 0.15) is 0 Å². The second-order valence-electron chi connectivity index (χ2n) is 3.59. The van der Waals surface area contributed by atoms with Crippen molar-refractivity contribution in [3.05, 3.63) is 5.28 Å². The van der Waals surface area contributed by atoms with Crippen LogP contribution >= 0.6 is 11.6 Å². The topological polar surface area (TPSA) is 86.4 Å². The SMILES string of the molecule is COCCCN(CCOC)c1nc(N)nc(Cl)n1. The second kappa shape index (κ2) is 8.02. The highest BCUT2D eigenvalue weighted by molar-refractivity contribution is 6.28. The first-order valence-electron chi connectivity index (χ1n) is 5.57. The van der Waals surface area contributed by atoms with Crippen molar-refractivity contribution < 1.29 is 9.47 Å². The molecule has 1 rings (SSSR count). The van der Waals surface area contributed by atoms with Crippen molar-refractivity contribution in [3.63, 3.8) is 0 Å². The third-order valence-corrected chi connectivity index (χ3v) is 2.41. The molecule has 1 aromatic rings. The monoisotopic (exact) mass is 275 g/mol. The van der Waals surface area contributed by atoms with Crippen LogP contribution in [0.4, 0.5) is 11.9 Å². The van der Waals surface area contributed by atoms with Crippen LogP contribution in [0.25, 0.3) is 0 Å². The number of methoxy groups -OCH3 is 2. The molecule has 0 atom stereocenters. The summed E-state index contributed by atoms with van der Waals surface area (Å²) in [5, 5.41) is 0.0895. The molecule has 0 amide bonds. The molecule has 0 aliphatic carbocycles. The minimum absolute atomic E-state index is 0.0895. The normalized spacial score (nSPS) is 10.6. The number of halogens is 1. The second-order valence-corrected chi connectivity index (χ2v) is 3.93. The molecule has 0 fully saturated rings. The van der Waals surface area contributed by atoms with Crippen LogP contribution < -0.4 is 10.6 Å². The number of rotatable bonds is 8. The van der Waals surface area contributed by atoms with Crippen molar-refractivity contribution in [2.24, 2.45) is 0 Å². The van der Waals surface area contributed by atoms with Gasteiger partial charge in [0.05, 0.1) is 6.61 Å². The number of aromatic nitrogens is 3. The number of hydrogen-bond acceptors (Lipinski definition) is 7. The van der Waals surface area contributed by atoms with Gasteiger partial charge in [-0.2, -0.15) is 15.0 Å². The average molecular weight is 276 g/mol. The third-order valence-electron chi connectivity index (χ3n) is 2.24. The van der Waals surface area contributed by atoms with Crippen LogP contribution in [0.3, 0.4) is 0 Å². The molecule has 0 bridgehead atoms. The largest absolute Gasteiger partial charge is 0.385 e. The van der Waals surface area contributed by atoms with E-state index in [0.717, 1.165) is 13.0 Å². The number of nitrogen functional groups attached to an aromatic ring is 1. The number of nitrogens with zero attached hydrogens (tertiary/aromatic N) is 4. The summed E-state index contributed by atoms with van der Waals surface area (Å²) in [7, 11) is 3.30. The quantitative estimate of drug-likeness (QED) is 0.695. The van der Waals surface area contributed by atoms with Gasteiger partial charge in [-0.15, -0.1) is 0 Å². The molecule has 18 heavy (non-hydrogen) atoms. The Hall–Kier alpha value is -1.18. The maximum absolute atomic E-state index is 5.76. The number of anilines is 2. The summed E-state index contributed by atoms with van der Waals surface area (Å²) in [6.07, 6.45) is 0.851. The highest BCUT2D eigenvalue weighted by atomic mass is 35.5. The average Bonchev–Trinajstić information content (AvgIpc) is 2.32. The fourth-order valence-corrected chi connectivity index (χ4v) is 1.57. The van der Waals surface area contributed by atoms with Crippen LogP contribution in [0.15, 0.2) is 0 Å². The molecule has 2 N–H and O–H groups in total. The zero-order chi connectivity index (χ0) is 13.4. The third kappa shape index (κ3) is 4.99. The Morgan fingerprint density at radius 1 is 1.11 bits per heavy atom. The van der Waals surface area contributed by atoms with Gasteiger partial charge in [0.2, 0.25) is 17.2 Å². The van der Waals surface area contributed by atoms with E-state index in [1.165, 1.54) is 0 Å². The molecule has 0 unspecified atom stereocenters. The molecule has 0 radical (unpaired) electrons. The van der Waals surface area contributed by atoms with Gasteiger partial charge in [0, 0.05) is 33.9 Å². The maximum atomic E-state index is 5.76. The van der Waals surface area contributed by atoms with Crippen LogP contribution in [0.5, 0.6) is 0 Å². The van der Waals surface area contributed by atoms with E-state index in [9.17, 15) is 0 Å². The molecule has 0 saturated heterocycles. The van der Waals surface area contributed by atoms with E-state index in [4.69, 9.17) is 26.8 Å². The minimum Gasteiger partial charge on any atom is -0.385 e. The van der Waals surface area contributed by atoms with E-state index in [1.54, 1.807) is 14.2 Å². The molecule has 7 nitrogen and oxygen atoms in total. The molecule has 102 valence electrons. The van der Waals surface area contributed by atoms with Gasteiger partial charge in [-0.3, -0.25) is 0 Å². The van der Waals surface area contributed by atoms with Crippen LogP contribution in [-0.4, -0.2) is 55.5 Å². The van der Waals surface area contributed by atoms with Crippen LogP contribution in [-0.2, 0) is 9.47 Å². The number of hydrogen-bond donors (Lipinski definition) is 1. The van der Waals surface area contributed by atoms with Gasteiger partial charge >= 0.3 is 0 Å². The van der Waals surface area contributed by atoms with Gasteiger partial charge in [-0.25, -0.2) is 0 Å². The fraction of sp³-hybridized carbons (Fsp3) is 0.700. The zero-order valence-electron chi connectivity index (χ0n) is 10.6. The Kier molecular flexibility index (Phi) is 6.63. The lowest BCUT2D eigenvalue weighted by molar-refractivity contribution is 0.190. The Labute approximate surface area is 111 Å². The van der Waals surface area contributed by atoms with E-state index in [1.807, 2.05) is 4.90 Å². The summed E-state index contributed by atoms with van der Waals surface area (Å²) in [6, 6.07) is 0. The summed E-state index contributed by atoms with van der Waals surface area (Å²) in [5.74, 6) is 0.569. The van der Waals surface area contributed by atoms with E-state index in [-0.39, 0.29) is 11.2 Å². The first-order valence-corrected chi connectivity index (χ1v) is 5.95. The molecule has 0 aliphatic rings. The van der Waals surface area contributed by atoms with Gasteiger partial charge in [-0.05, 0) is 18.0 Å². The highest BCUT2D eigenvalue weighted by Gasteiger charge is 2.11. The molecular formula is C10H18ClN5O2. The van der Waals surface area contributed by atoms with Crippen molar-refractivity contribution in [3.8, 4) is 0 Å². The lowest BCUT2D eigenvalue weighted by Crippen LogP contribution is -2.31. The lowest BCUT2D eigenvalue weighted by atomic mass is 10.4. The van der Waals surface area contributed by atoms with Gasteiger partial charge < -0.3 is 20.1 Å². The Morgan fingerprint density at radius 2 is 1.83 bits per heavy atom. The van der Waals surface area contributed by atoms with Crippen molar-refractivity contribution in [1.82, 2.24) is 15.0 Å². The summed E-state index contributed by atoms with van der Waals surface area (Å²) < 4.78 is 10.1. The van der Waals surface area contributed by atoms with Gasteiger partial charge in [0.15, 0.2) is 0 Å². The summed E-state index contributed by atoms with van der Waals surface area (Å²) in [5.41, 5.74) is 5.55. The van der Waals surface area contributed by atoms with Crippen molar-refractivity contribution in [2.45, 2.75) is 6.42 Å². The number of ether oxygens (including phenoxy) is 2. The summed E-state index contributed by atoms with van der Waals surface area (Å²) in [4.78, 5) is 13.8. The van der Waals surface area contributed by atoms with E-state index in [2.05, 4.69) is 15.0 Å². The van der Waals surface area contributed by atoms with Crippen LogP contribution in [0, 0.1) is 0 Å². The number of nitrogens with two attached hydrogens (primary N) is 1. The molecule has 1 heterocycles. The first-order chi connectivity index (χ1) is 8.67. The summed E-state index contributed by atoms with van der Waals surface area (Å²) >= 11 is 5.76. The maximum Gasteiger partial charge on any atom is 0.231 e. The zero-order valence-corrected chi connectivity index (χ0v) is 11.4. The van der Waals surface area contributed by atoms with Crippen molar-refractivity contribution >= 4 is 23.5 Å². The van der Waals surface area contributed by atoms with E-state index < -0.39 is 0 Å². The van der Waals surface area contributed by atoms with Crippen molar-refractivity contribution in [1.29, 1.82) is 0 Å². The van der Waals surface area contributed by atoms with E-state index in [0.29, 0.717) is 25.7 Å². The molecular weight excluding hydrogens is 258 g/mol. The molecule has 0 aromatic carbocycles. The highest BCUT2D eigenvalue weighted by Crippen LogP contribution is 2.12. The Balaban J connectivity index is 2.72.